The van der Waals surface area contributed by atoms with E-state index >= 15 is 0 Å². The first kappa shape index (κ1) is 19.7. The third kappa shape index (κ3) is 5.18. The van der Waals surface area contributed by atoms with E-state index in [9.17, 15) is 14.9 Å². The smallest absolute Gasteiger partial charge is 0.330 e. The highest BCUT2D eigenvalue weighted by molar-refractivity contribution is 5.87. The largest absolute Gasteiger partial charge is 0.493 e. The molecule has 9 heteroatoms. The number of benzene rings is 1. The number of esters is 1. The van der Waals surface area contributed by atoms with Crippen molar-refractivity contribution in [2.75, 3.05) is 20.8 Å². The molecule has 0 saturated heterocycles. The Morgan fingerprint density at radius 2 is 1.89 bits per heavy atom. The van der Waals surface area contributed by atoms with E-state index in [-0.39, 0.29) is 23.9 Å². The van der Waals surface area contributed by atoms with Crippen molar-refractivity contribution in [1.29, 1.82) is 0 Å². The molecular formula is C18H18N2O7. The summed E-state index contributed by atoms with van der Waals surface area (Å²) in [5.74, 6) is 0.573. The van der Waals surface area contributed by atoms with Gasteiger partial charge in [0, 0.05) is 18.2 Å². The standard InChI is InChI=1S/C18H18N2O7/c1-4-26-17(21)8-5-12-9-14(24-2)18(15(10-12)25-3)27-16-7-6-13(11-19-16)20(22)23/h5-11H,4H2,1-3H3. The highest BCUT2D eigenvalue weighted by Crippen LogP contribution is 2.41. The molecule has 0 aliphatic carbocycles. The van der Waals surface area contributed by atoms with Crippen LogP contribution in [0.5, 0.6) is 23.1 Å². The van der Waals surface area contributed by atoms with Gasteiger partial charge in [-0.2, -0.15) is 0 Å². The highest BCUT2D eigenvalue weighted by Gasteiger charge is 2.16. The fourth-order valence-electron chi connectivity index (χ4n) is 2.10. The normalized spacial score (nSPS) is 10.5. The van der Waals surface area contributed by atoms with E-state index in [4.69, 9.17) is 18.9 Å². The second kappa shape index (κ2) is 9.18. The minimum Gasteiger partial charge on any atom is -0.493 e. The molecule has 0 saturated carbocycles. The van der Waals surface area contributed by atoms with Crippen LogP contribution in [0.15, 0.2) is 36.5 Å². The Morgan fingerprint density at radius 1 is 1.22 bits per heavy atom. The van der Waals surface area contributed by atoms with Gasteiger partial charge in [-0.1, -0.05) is 0 Å². The molecule has 1 aromatic carbocycles. The van der Waals surface area contributed by atoms with Gasteiger partial charge in [0.2, 0.25) is 11.6 Å². The summed E-state index contributed by atoms with van der Waals surface area (Å²) in [4.78, 5) is 25.5. The van der Waals surface area contributed by atoms with Crippen LogP contribution in [0.25, 0.3) is 6.08 Å². The van der Waals surface area contributed by atoms with Crippen LogP contribution in [0.4, 0.5) is 5.69 Å². The Balaban J connectivity index is 2.32. The van der Waals surface area contributed by atoms with E-state index in [0.717, 1.165) is 6.20 Å². The van der Waals surface area contributed by atoms with Gasteiger partial charge in [0.1, 0.15) is 6.20 Å². The summed E-state index contributed by atoms with van der Waals surface area (Å²) in [5, 5.41) is 10.7. The topological polar surface area (TPSA) is 110 Å². The van der Waals surface area contributed by atoms with Crippen LogP contribution in [-0.4, -0.2) is 36.7 Å². The van der Waals surface area contributed by atoms with Gasteiger partial charge in [-0.25, -0.2) is 9.78 Å². The van der Waals surface area contributed by atoms with E-state index in [0.29, 0.717) is 17.1 Å². The van der Waals surface area contributed by atoms with E-state index in [1.165, 1.54) is 32.4 Å². The van der Waals surface area contributed by atoms with Crippen LogP contribution in [0, 0.1) is 10.1 Å². The van der Waals surface area contributed by atoms with E-state index < -0.39 is 10.9 Å². The molecule has 0 aliphatic rings. The molecule has 0 radical (unpaired) electrons. The maximum Gasteiger partial charge on any atom is 0.330 e. The number of carbonyl (C=O) groups is 1. The lowest BCUT2D eigenvalue weighted by atomic mass is 10.1. The second-order valence-corrected chi connectivity index (χ2v) is 5.05. The zero-order valence-corrected chi connectivity index (χ0v) is 15.0. The van der Waals surface area contributed by atoms with Crippen molar-refractivity contribution < 1.29 is 28.7 Å². The van der Waals surface area contributed by atoms with Gasteiger partial charge in [0.15, 0.2) is 11.5 Å². The fourth-order valence-corrected chi connectivity index (χ4v) is 2.10. The molecule has 0 spiro atoms. The Bertz CT molecular complexity index is 822. The van der Waals surface area contributed by atoms with Gasteiger partial charge >= 0.3 is 5.97 Å². The fraction of sp³-hybridized carbons (Fsp3) is 0.222. The lowest BCUT2D eigenvalue weighted by molar-refractivity contribution is -0.385. The average molecular weight is 374 g/mol. The zero-order chi connectivity index (χ0) is 19.8. The van der Waals surface area contributed by atoms with Gasteiger partial charge in [-0.3, -0.25) is 10.1 Å². The molecule has 0 N–H and O–H groups in total. The van der Waals surface area contributed by atoms with Crippen molar-refractivity contribution in [3.63, 3.8) is 0 Å². The van der Waals surface area contributed by atoms with Crippen molar-refractivity contribution in [2.45, 2.75) is 6.92 Å². The van der Waals surface area contributed by atoms with E-state index in [1.54, 1.807) is 25.1 Å². The Kier molecular flexibility index (Phi) is 6.70. The summed E-state index contributed by atoms with van der Waals surface area (Å²) in [6.07, 6.45) is 3.93. The number of hydrogen-bond donors (Lipinski definition) is 0. The number of hydrogen-bond acceptors (Lipinski definition) is 8. The lowest BCUT2D eigenvalue weighted by Gasteiger charge is -2.14. The number of nitro groups is 1. The molecule has 0 amide bonds. The maximum absolute atomic E-state index is 11.5. The van der Waals surface area contributed by atoms with Crippen molar-refractivity contribution in [2.24, 2.45) is 0 Å². The first-order valence-corrected chi connectivity index (χ1v) is 7.87. The molecule has 2 rings (SSSR count). The second-order valence-electron chi connectivity index (χ2n) is 5.05. The molecule has 0 atom stereocenters. The number of pyridine rings is 1. The van der Waals surface area contributed by atoms with Crippen molar-refractivity contribution in [3.05, 3.63) is 52.2 Å². The van der Waals surface area contributed by atoms with Crippen LogP contribution in [0.3, 0.4) is 0 Å². The first-order chi connectivity index (χ1) is 13.0. The SMILES string of the molecule is CCOC(=O)C=Cc1cc(OC)c(Oc2ccc([N+](=O)[O-])cn2)c(OC)c1. The van der Waals surface area contributed by atoms with Crippen molar-refractivity contribution >= 4 is 17.7 Å². The summed E-state index contributed by atoms with van der Waals surface area (Å²) in [7, 11) is 2.90. The molecular weight excluding hydrogens is 356 g/mol. The molecule has 9 nitrogen and oxygen atoms in total. The minimum absolute atomic E-state index is 0.131. The lowest BCUT2D eigenvalue weighted by Crippen LogP contribution is -1.99. The van der Waals surface area contributed by atoms with E-state index in [2.05, 4.69) is 4.98 Å². The maximum atomic E-state index is 11.5. The van der Waals surface area contributed by atoms with Gasteiger partial charge in [-0.15, -0.1) is 0 Å². The van der Waals surface area contributed by atoms with E-state index in [1.807, 2.05) is 0 Å². The molecule has 1 heterocycles. The van der Waals surface area contributed by atoms with Crippen LogP contribution in [0.1, 0.15) is 12.5 Å². The Morgan fingerprint density at radius 3 is 2.37 bits per heavy atom. The number of carbonyl (C=O) groups excluding carboxylic acids is 1. The quantitative estimate of drug-likeness (QED) is 0.299. The Labute approximate surface area is 155 Å². The summed E-state index contributed by atoms with van der Waals surface area (Å²) in [5.41, 5.74) is 0.474. The number of aromatic nitrogens is 1. The predicted octanol–water partition coefficient (Wildman–Crippen LogP) is 3.38. The predicted molar refractivity (Wildman–Crippen MR) is 96.2 cm³/mol. The van der Waals surface area contributed by atoms with Crippen molar-refractivity contribution in [1.82, 2.24) is 4.98 Å². The molecule has 0 fully saturated rings. The van der Waals surface area contributed by atoms with Crippen LogP contribution < -0.4 is 14.2 Å². The Hall–Kier alpha value is -3.62. The summed E-state index contributed by atoms with van der Waals surface area (Å²) >= 11 is 0. The average Bonchev–Trinajstić information content (AvgIpc) is 2.67. The molecule has 0 aliphatic heterocycles. The molecule has 0 bridgehead atoms. The monoisotopic (exact) mass is 374 g/mol. The third-order valence-corrected chi connectivity index (χ3v) is 3.32. The first-order valence-electron chi connectivity index (χ1n) is 7.87. The number of ether oxygens (including phenoxy) is 4. The van der Waals surface area contributed by atoms with Crippen molar-refractivity contribution in [3.8, 4) is 23.1 Å². The minimum atomic E-state index is -0.553. The summed E-state index contributed by atoms with van der Waals surface area (Å²) < 4.78 is 21.2. The molecule has 0 unspecified atom stereocenters. The molecule has 1 aromatic heterocycles. The summed E-state index contributed by atoms with van der Waals surface area (Å²) in [6, 6.07) is 5.92. The number of methoxy groups -OCH3 is 2. The third-order valence-electron chi connectivity index (χ3n) is 3.32. The van der Waals surface area contributed by atoms with Crippen LogP contribution in [0.2, 0.25) is 0 Å². The van der Waals surface area contributed by atoms with Gasteiger partial charge in [0.25, 0.3) is 5.69 Å². The highest BCUT2D eigenvalue weighted by atomic mass is 16.6. The zero-order valence-electron chi connectivity index (χ0n) is 15.0. The summed E-state index contributed by atoms with van der Waals surface area (Å²) in [6.45, 7) is 2.00. The van der Waals surface area contributed by atoms with Gasteiger partial charge in [0.05, 0.1) is 25.7 Å². The van der Waals surface area contributed by atoms with Crippen LogP contribution >= 0.6 is 0 Å². The number of nitrogens with zero attached hydrogens (tertiary/aromatic N) is 2. The van der Waals surface area contributed by atoms with Crippen LogP contribution in [-0.2, 0) is 9.53 Å². The van der Waals surface area contributed by atoms with Gasteiger partial charge < -0.3 is 18.9 Å². The molecule has 2 aromatic rings. The van der Waals surface area contributed by atoms with Gasteiger partial charge in [-0.05, 0) is 30.7 Å². The molecule has 142 valence electrons. The molecule has 27 heavy (non-hydrogen) atoms. The number of rotatable bonds is 8.